The molecule has 0 bridgehead atoms. The highest BCUT2D eigenvalue weighted by Crippen LogP contribution is 2.12. The first kappa shape index (κ1) is 15.3. The Morgan fingerprint density at radius 3 is 1.33 bits per heavy atom. The maximum atomic E-state index is 11.2. The Balaban J connectivity index is 4.79. The average Bonchev–Trinajstić information content (AvgIpc) is 1.75. The number of nitrogens with zero attached hydrogens (tertiary/aromatic N) is 1. The van der Waals surface area contributed by atoms with Gasteiger partial charge in [-0.25, -0.2) is 0 Å². The van der Waals surface area contributed by atoms with Crippen LogP contribution in [0.3, 0.4) is 0 Å². The van der Waals surface area contributed by atoms with Crippen molar-refractivity contribution in [2.75, 3.05) is 12.3 Å². The fourth-order valence-electron chi connectivity index (χ4n) is 1.28. The van der Waals surface area contributed by atoms with Crippen LogP contribution < -0.4 is 0 Å². The van der Waals surface area contributed by atoms with Crippen molar-refractivity contribution in [2.45, 2.75) is 39.3 Å². The molecule has 0 saturated heterocycles. The molecule has 0 amide bonds. The van der Waals surface area contributed by atoms with Crippen molar-refractivity contribution >= 4 is 26.5 Å². The highest BCUT2D eigenvalue weighted by Gasteiger charge is 2.30. The lowest BCUT2D eigenvalue weighted by Gasteiger charge is -2.30. The molecule has 0 aromatic rings. The molecule has 0 aromatic carbocycles. The highest BCUT2D eigenvalue weighted by atomic mass is 32.2. The first-order chi connectivity index (χ1) is 6.31. The molecule has 0 rings (SSSR count). The largest absolute Gasteiger partial charge is 0.335 e. The van der Waals surface area contributed by atoms with Crippen molar-refractivity contribution in [1.29, 1.82) is 0 Å². The molecule has 15 heavy (non-hydrogen) atoms. The van der Waals surface area contributed by atoms with Gasteiger partial charge in [-0.15, -0.1) is 0 Å². The third-order valence-electron chi connectivity index (χ3n) is 1.63. The summed E-state index contributed by atoms with van der Waals surface area (Å²) in [5, 5.41) is 0. The molecule has 0 saturated carbocycles. The Hall–Kier alpha value is 0.304. The summed E-state index contributed by atoms with van der Waals surface area (Å²) in [6.45, 7) is 12.6. The van der Waals surface area contributed by atoms with E-state index in [4.69, 9.17) is 4.55 Å². The molecule has 0 heterocycles. The molecular formula is C8H23NO3SSi2. The fourth-order valence-corrected chi connectivity index (χ4v) is 7.47. The van der Waals surface area contributed by atoms with Crippen molar-refractivity contribution in [3.05, 3.63) is 0 Å². The van der Waals surface area contributed by atoms with Gasteiger partial charge in [-0.05, 0) is 0 Å². The zero-order chi connectivity index (χ0) is 12.5. The molecule has 0 atom stereocenters. The first-order valence-electron chi connectivity index (χ1n) is 5.04. The predicted molar refractivity (Wildman–Crippen MR) is 69.8 cm³/mol. The van der Waals surface area contributed by atoms with Crippen LogP contribution in [0.5, 0.6) is 0 Å². The molecule has 1 N–H and O–H groups in total. The molecule has 4 nitrogen and oxygen atoms in total. The van der Waals surface area contributed by atoms with Crippen molar-refractivity contribution < 1.29 is 13.0 Å². The Bertz CT molecular complexity index is 287. The van der Waals surface area contributed by atoms with Gasteiger partial charge in [0.2, 0.25) is 0 Å². The van der Waals surface area contributed by atoms with Gasteiger partial charge in [0.25, 0.3) is 0 Å². The maximum absolute atomic E-state index is 11.2. The summed E-state index contributed by atoms with van der Waals surface area (Å²) < 4.78 is 32.8. The lowest BCUT2D eigenvalue weighted by Crippen LogP contribution is -2.49. The Kier molecular flexibility index (Phi) is 4.76. The normalized spacial score (nSPS) is 14.7. The predicted octanol–water partition coefficient (Wildman–Crippen LogP) is 1.85. The molecule has 92 valence electrons. The van der Waals surface area contributed by atoms with Crippen molar-refractivity contribution in [2.24, 2.45) is 0 Å². The van der Waals surface area contributed by atoms with Crippen LogP contribution in [-0.2, 0) is 10.3 Å². The van der Waals surface area contributed by atoms with Gasteiger partial charge in [-0.1, -0.05) is 39.3 Å². The quantitative estimate of drug-likeness (QED) is 0.612. The van der Waals surface area contributed by atoms with Gasteiger partial charge in [0.1, 0.15) is 0 Å². The minimum absolute atomic E-state index is 0.496. The summed E-state index contributed by atoms with van der Waals surface area (Å²) in [7, 11) is -7.07. The van der Waals surface area contributed by atoms with Crippen LogP contribution in [0.25, 0.3) is 0 Å². The number of rotatable bonds is 5. The fraction of sp³-hybridized carbons (Fsp3) is 1.00. The molecule has 0 unspecified atom stereocenters. The Morgan fingerprint density at radius 1 is 0.933 bits per heavy atom. The van der Waals surface area contributed by atoms with Gasteiger partial charge < -0.3 is 0 Å². The molecule has 0 aliphatic carbocycles. The van der Waals surface area contributed by atoms with Crippen LogP contribution in [0.1, 0.15) is 0 Å². The monoisotopic (exact) mass is 269 g/mol. The number of hydrogen-bond donors (Lipinski definition) is 1. The molecule has 0 aliphatic rings. The van der Waals surface area contributed by atoms with Crippen molar-refractivity contribution in [3.8, 4) is 0 Å². The second kappa shape index (κ2) is 4.66. The van der Waals surface area contributed by atoms with Crippen LogP contribution in [0, 0.1) is 0 Å². The van der Waals surface area contributed by atoms with E-state index in [1.54, 1.807) is 0 Å². The van der Waals surface area contributed by atoms with Crippen LogP contribution in [0.4, 0.5) is 0 Å². The zero-order valence-corrected chi connectivity index (χ0v) is 13.3. The lowest BCUT2D eigenvalue weighted by molar-refractivity contribution is 0.397. The van der Waals surface area contributed by atoms with E-state index >= 15 is 0 Å². The first-order valence-corrected chi connectivity index (χ1v) is 13.8. The summed E-state index contributed by atoms with van der Waals surface area (Å²) in [6.07, 6.45) is 0.992. The molecule has 0 aliphatic heterocycles. The summed E-state index contributed by atoms with van der Waals surface area (Å²) >= 11 is 0. The smallest absolute Gasteiger partial charge is 0.273 e. The van der Waals surface area contributed by atoms with Crippen LogP contribution in [0.2, 0.25) is 39.3 Å². The highest BCUT2D eigenvalue weighted by molar-refractivity contribution is 7.83. The van der Waals surface area contributed by atoms with Crippen LogP contribution >= 0.6 is 0 Å². The molecule has 0 fully saturated rings. The summed E-state index contributed by atoms with van der Waals surface area (Å²) in [6, 6.07) is 0. The van der Waals surface area contributed by atoms with Crippen molar-refractivity contribution in [3.63, 3.8) is 0 Å². The van der Waals surface area contributed by atoms with E-state index in [9.17, 15) is 8.42 Å². The van der Waals surface area contributed by atoms with E-state index in [1.807, 2.05) is 0 Å². The van der Waals surface area contributed by atoms with Crippen molar-refractivity contribution in [1.82, 2.24) is 4.31 Å². The lowest BCUT2D eigenvalue weighted by atomic mass is 11.2. The van der Waals surface area contributed by atoms with Gasteiger partial charge in [0.15, 0.2) is 0 Å². The molecule has 0 aromatic heterocycles. The van der Waals surface area contributed by atoms with Crippen LogP contribution in [0.15, 0.2) is 0 Å². The minimum Gasteiger partial charge on any atom is -0.273 e. The average molecular weight is 270 g/mol. The molecule has 0 radical (unpaired) electrons. The second-order valence-corrected chi connectivity index (χ2v) is 18.7. The zero-order valence-electron chi connectivity index (χ0n) is 10.5. The van der Waals surface area contributed by atoms with E-state index in [-0.39, 0.29) is 0 Å². The van der Waals surface area contributed by atoms with Gasteiger partial charge in [0, 0.05) is 12.3 Å². The van der Waals surface area contributed by atoms with Gasteiger partial charge >= 0.3 is 10.3 Å². The van der Waals surface area contributed by atoms with Gasteiger partial charge in [-0.2, -0.15) is 12.7 Å². The summed E-state index contributed by atoms with van der Waals surface area (Å²) in [4.78, 5) is 0. The Morgan fingerprint density at radius 2 is 1.20 bits per heavy atom. The van der Waals surface area contributed by atoms with E-state index in [0.717, 1.165) is 0 Å². The molecule has 7 heteroatoms. The topological polar surface area (TPSA) is 57.6 Å². The molecular weight excluding hydrogens is 246 g/mol. The third kappa shape index (κ3) is 8.15. The third-order valence-corrected chi connectivity index (χ3v) is 5.66. The molecule has 0 spiro atoms. The van der Waals surface area contributed by atoms with E-state index < -0.39 is 26.5 Å². The van der Waals surface area contributed by atoms with E-state index in [2.05, 4.69) is 39.3 Å². The second-order valence-electron chi connectivity index (χ2n) is 6.37. The summed E-state index contributed by atoms with van der Waals surface area (Å²) in [5.74, 6) is 0. The number of hydrogen-bond acceptors (Lipinski definition) is 2. The van der Waals surface area contributed by atoms with E-state index in [0.29, 0.717) is 12.3 Å². The maximum Gasteiger partial charge on any atom is 0.335 e. The van der Waals surface area contributed by atoms with Gasteiger partial charge in [0.05, 0.1) is 16.1 Å². The van der Waals surface area contributed by atoms with E-state index in [1.165, 1.54) is 4.31 Å². The van der Waals surface area contributed by atoms with Gasteiger partial charge in [-0.3, -0.25) is 4.55 Å². The minimum atomic E-state index is -4.03. The Labute approximate surface area is 95.6 Å². The van der Waals surface area contributed by atoms with Crippen LogP contribution in [-0.4, -0.2) is 45.8 Å². The summed E-state index contributed by atoms with van der Waals surface area (Å²) in [5.41, 5.74) is 0. The standard InChI is InChI=1S/C8H23NO3SSi2/c1-14(2,3)7-9(13(10,11)12)8-15(4,5)6/h7-8H2,1-6H3,(H,10,11,12). The SMILES string of the molecule is C[Si](C)(C)CN(C[Si](C)(C)C)S(=O)(=O)O.